The maximum absolute atomic E-state index is 12.4. The van der Waals surface area contributed by atoms with E-state index < -0.39 is 11.7 Å². The van der Waals surface area contributed by atoms with Crippen molar-refractivity contribution in [3.05, 3.63) is 96.6 Å². The molecule has 1 N–H and O–H groups in total. The highest BCUT2D eigenvalue weighted by molar-refractivity contribution is 5.89. The molecule has 2 aromatic carbocycles. The molecule has 4 aromatic heterocycles. The van der Waals surface area contributed by atoms with Gasteiger partial charge in [0.15, 0.2) is 5.82 Å². The minimum absolute atomic E-state index is 0.299. The second-order valence-electron chi connectivity index (χ2n) is 12.2. The molecule has 0 fully saturated rings. The molecule has 0 aliphatic rings. The van der Waals surface area contributed by atoms with Crippen molar-refractivity contribution in [1.82, 2.24) is 24.6 Å². The molecule has 0 unspecified atom stereocenters. The Morgan fingerprint density at radius 2 is 1.75 bits per heavy atom. The zero-order valence-corrected chi connectivity index (χ0v) is 27.7. The Hall–Kier alpha value is -5.91. The first-order valence-electron chi connectivity index (χ1n) is 15.3. The minimum Gasteiger partial charge on any atom is -0.497 e. The number of anilines is 2. The van der Waals surface area contributed by atoms with Gasteiger partial charge in [0.2, 0.25) is 0 Å². The Morgan fingerprint density at radius 3 is 2.54 bits per heavy atom. The summed E-state index contributed by atoms with van der Waals surface area (Å²) in [5.74, 6) is 3.36. The molecule has 0 spiro atoms. The molecule has 6 rings (SSSR count). The van der Waals surface area contributed by atoms with Gasteiger partial charge in [-0.15, -0.1) is 0 Å². The van der Waals surface area contributed by atoms with Gasteiger partial charge in [-0.05, 0) is 75.4 Å². The van der Waals surface area contributed by atoms with Crippen LogP contribution in [0.5, 0.6) is 17.2 Å². The van der Waals surface area contributed by atoms with E-state index in [1.165, 1.54) is 6.33 Å². The van der Waals surface area contributed by atoms with E-state index in [-0.39, 0.29) is 0 Å². The fourth-order valence-corrected chi connectivity index (χ4v) is 5.23. The van der Waals surface area contributed by atoms with Gasteiger partial charge in [0.1, 0.15) is 47.1 Å². The highest BCUT2D eigenvalue weighted by atomic mass is 16.6. The molecular weight excluding hydrogens is 610 g/mol. The van der Waals surface area contributed by atoms with Crippen molar-refractivity contribution < 1.29 is 23.7 Å². The molecule has 12 nitrogen and oxygen atoms in total. The second-order valence-corrected chi connectivity index (χ2v) is 12.2. The van der Waals surface area contributed by atoms with E-state index in [1.807, 2.05) is 67.7 Å². The monoisotopic (exact) mass is 647 g/mol. The van der Waals surface area contributed by atoms with Crippen molar-refractivity contribution in [2.75, 3.05) is 31.5 Å². The first kappa shape index (κ1) is 32.0. The Bertz CT molecular complexity index is 2090. The van der Waals surface area contributed by atoms with Crippen LogP contribution in [0.2, 0.25) is 0 Å². The fraction of sp³-hybridized carbons (Fsp3) is 0.250. The van der Waals surface area contributed by atoms with Crippen LogP contribution in [0.3, 0.4) is 0 Å². The van der Waals surface area contributed by atoms with Gasteiger partial charge in [-0.25, -0.2) is 19.3 Å². The molecule has 12 heteroatoms. The van der Waals surface area contributed by atoms with Gasteiger partial charge in [0.25, 0.3) is 0 Å². The van der Waals surface area contributed by atoms with E-state index in [0.29, 0.717) is 30.2 Å². The van der Waals surface area contributed by atoms with Crippen LogP contribution in [0.1, 0.15) is 31.9 Å². The number of methoxy groups -OCH3 is 2. The summed E-state index contributed by atoms with van der Waals surface area (Å²) < 4.78 is 24.2. The van der Waals surface area contributed by atoms with E-state index in [0.717, 1.165) is 50.6 Å². The molecule has 246 valence electrons. The molecule has 1 amide bonds. The highest BCUT2D eigenvalue weighted by Gasteiger charge is 2.19. The van der Waals surface area contributed by atoms with Crippen LogP contribution in [-0.4, -0.2) is 57.5 Å². The summed E-state index contributed by atoms with van der Waals surface area (Å²) in [4.78, 5) is 28.0. The number of hydrogen-bond acceptors (Lipinski definition) is 10. The van der Waals surface area contributed by atoms with Crippen LogP contribution in [0.4, 0.5) is 16.4 Å². The van der Waals surface area contributed by atoms with Crippen molar-refractivity contribution in [1.29, 1.82) is 0 Å². The van der Waals surface area contributed by atoms with Crippen LogP contribution >= 0.6 is 0 Å². The number of nitrogens with zero attached hydrogens (tertiary/aromatic N) is 6. The van der Waals surface area contributed by atoms with E-state index in [9.17, 15) is 4.79 Å². The van der Waals surface area contributed by atoms with Crippen molar-refractivity contribution in [2.24, 2.45) is 0 Å². The molecular formula is C36H37N7O5. The van der Waals surface area contributed by atoms with Crippen LogP contribution in [0, 0.1) is 0 Å². The van der Waals surface area contributed by atoms with Crippen molar-refractivity contribution in [3.8, 4) is 28.5 Å². The third kappa shape index (κ3) is 7.22. The summed E-state index contributed by atoms with van der Waals surface area (Å²) in [7, 11) is 5.29. The largest absolute Gasteiger partial charge is 0.497 e. The highest BCUT2D eigenvalue weighted by Crippen LogP contribution is 2.29. The zero-order valence-electron chi connectivity index (χ0n) is 27.7. The van der Waals surface area contributed by atoms with Crippen LogP contribution in [-0.2, 0) is 17.9 Å². The zero-order chi connectivity index (χ0) is 33.8. The van der Waals surface area contributed by atoms with E-state index in [4.69, 9.17) is 23.9 Å². The average Bonchev–Trinajstić information content (AvgIpc) is 3.52. The maximum Gasteiger partial charge on any atom is 0.413 e. The predicted octanol–water partition coefficient (Wildman–Crippen LogP) is 6.92. The molecule has 0 aliphatic carbocycles. The first-order valence-corrected chi connectivity index (χ1v) is 15.3. The number of carbonyl (C=O) groups excluding carboxylic acids is 1. The summed E-state index contributed by atoms with van der Waals surface area (Å²) in [5.41, 5.74) is 4.32. The molecule has 0 saturated heterocycles. The molecule has 4 heterocycles. The third-order valence-corrected chi connectivity index (χ3v) is 7.51. The van der Waals surface area contributed by atoms with Crippen LogP contribution in [0.15, 0.2) is 85.5 Å². The summed E-state index contributed by atoms with van der Waals surface area (Å²) >= 11 is 0. The Kier molecular flexibility index (Phi) is 8.98. The molecule has 0 aliphatic heterocycles. The van der Waals surface area contributed by atoms with Gasteiger partial charge in [-0.3, -0.25) is 10.3 Å². The number of nitrogens with one attached hydrogen (secondary N) is 1. The molecule has 0 radical (unpaired) electrons. The van der Waals surface area contributed by atoms with E-state index in [2.05, 4.69) is 31.3 Å². The summed E-state index contributed by atoms with van der Waals surface area (Å²) in [6.07, 6.45) is 4.32. The minimum atomic E-state index is -0.634. The number of aromatic nitrogens is 5. The fourth-order valence-electron chi connectivity index (χ4n) is 5.23. The lowest BCUT2D eigenvalue weighted by atomic mass is 10.1. The molecule has 0 bridgehead atoms. The summed E-state index contributed by atoms with van der Waals surface area (Å²) in [6.45, 7) is 6.31. The van der Waals surface area contributed by atoms with Crippen molar-refractivity contribution in [2.45, 2.75) is 39.5 Å². The summed E-state index contributed by atoms with van der Waals surface area (Å²) in [5, 5.41) is 8.12. The number of fused-ring (bicyclic) bond motifs is 2. The maximum atomic E-state index is 12.4. The molecule has 0 saturated carbocycles. The number of rotatable bonds is 10. The summed E-state index contributed by atoms with van der Waals surface area (Å²) in [6, 6.07) is 21.5. The van der Waals surface area contributed by atoms with E-state index >= 15 is 0 Å². The number of hydrogen-bond donors (Lipinski definition) is 1. The number of benzene rings is 2. The normalized spacial score (nSPS) is 11.4. The molecule has 6 aromatic rings. The topological polar surface area (TPSA) is 125 Å². The third-order valence-electron chi connectivity index (χ3n) is 7.51. The first-order chi connectivity index (χ1) is 23.1. The molecule has 48 heavy (non-hydrogen) atoms. The standard InChI is InChI=1S/C36H37N7O5/c1-36(2,3)48-35(44)41-34-31-13-12-30(43(31)39-22-38-34)26-15-23(18-37-19-26)21-47-28-11-7-24-9-14-33(40-29(24)16-28)42(4)20-25-8-10-27(45-5)17-32(25)46-6/h7-19,22H,20-21H2,1-6H3,(H,38,39,41,44). The molecule has 0 atom stereocenters. The number of pyridine rings is 2. The smallest absolute Gasteiger partial charge is 0.413 e. The van der Waals surface area contributed by atoms with Gasteiger partial charge < -0.3 is 23.8 Å². The lowest BCUT2D eigenvalue weighted by molar-refractivity contribution is 0.0635. The number of amides is 1. The van der Waals surface area contributed by atoms with Crippen molar-refractivity contribution in [3.63, 3.8) is 0 Å². The van der Waals surface area contributed by atoms with Gasteiger partial charge >= 0.3 is 6.09 Å². The van der Waals surface area contributed by atoms with E-state index in [1.54, 1.807) is 51.9 Å². The van der Waals surface area contributed by atoms with Gasteiger partial charge in [0.05, 0.1) is 25.4 Å². The quantitative estimate of drug-likeness (QED) is 0.168. The van der Waals surface area contributed by atoms with Crippen LogP contribution in [0.25, 0.3) is 27.7 Å². The number of ether oxygens (including phenoxy) is 4. The second kappa shape index (κ2) is 13.4. The van der Waals surface area contributed by atoms with Crippen LogP contribution < -0.4 is 24.4 Å². The van der Waals surface area contributed by atoms with Gasteiger partial charge in [0, 0.05) is 60.2 Å². The Labute approximate surface area is 278 Å². The van der Waals surface area contributed by atoms with Gasteiger partial charge in [-0.2, -0.15) is 5.10 Å². The Morgan fingerprint density at radius 1 is 0.938 bits per heavy atom. The van der Waals surface area contributed by atoms with Gasteiger partial charge in [-0.1, -0.05) is 0 Å². The lowest BCUT2D eigenvalue weighted by Crippen LogP contribution is -2.27. The SMILES string of the molecule is COc1ccc(CN(C)c2ccc3ccc(OCc4cncc(-c5ccc6c(NC(=O)OC(C)(C)C)ncnn56)c4)cc3n2)c(OC)c1. The Balaban J connectivity index is 1.16. The number of carbonyl (C=O) groups is 1. The lowest BCUT2D eigenvalue weighted by Gasteiger charge is -2.20. The average molecular weight is 648 g/mol. The predicted molar refractivity (Wildman–Crippen MR) is 184 cm³/mol. The van der Waals surface area contributed by atoms with Crippen molar-refractivity contribution >= 4 is 34.1 Å².